The maximum absolute atomic E-state index is 11.5. The van der Waals surface area contributed by atoms with Crippen LogP contribution in [0.5, 0.6) is 6.01 Å². The number of ether oxygens (including phenoxy) is 2. The molecule has 0 aromatic carbocycles. The van der Waals surface area contributed by atoms with Crippen molar-refractivity contribution in [1.29, 1.82) is 0 Å². The molecule has 2 heterocycles. The smallest absolute Gasteiger partial charge is 0.320 e. The molecule has 0 bridgehead atoms. The van der Waals surface area contributed by atoms with Gasteiger partial charge >= 0.3 is 6.01 Å². The first-order valence-corrected chi connectivity index (χ1v) is 3.87. The third kappa shape index (κ3) is 1.28. The highest BCUT2D eigenvalue weighted by Gasteiger charge is 2.15. The largest absolute Gasteiger partial charge is 0.467 e. The lowest BCUT2D eigenvalue weighted by Gasteiger charge is -2.15. The van der Waals surface area contributed by atoms with Crippen molar-refractivity contribution in [2.75, 3.05) is 19.0 Å². The Bertz CT molecular complexity index is 414. The van der Waals surface area contributed by atoms with Crippen LogP contribution < -0.4 is 15.4 Å². The lowest BCUT2D eigenvalue weighted by Crippen LogP contribution is -2.37. The molecule has 0 fully saturated rings. The molecule has 1 aromatic rings. The van der Waals surface area contributed by atoms with E-state index in [9.17, 15) is 4.79 Å². The van der Waals surface area contributed by atoms with Gasteiger partial charge in [0, 0.05) is 12.3 Å². The highest BCUT2D eigenvalue weighted by molar-refractivity contribution is 5.49. The van der Waals surface area contributed by atoms with Crippen LogP contribution in [0.25, 0.3) is 0 Å². The second-order valence-corrected chi connectivity index (χ2v) is 2.47. The van der Waals surface area contributed by atoms with Crippen molar-refractivity contribution in [2.24, 2.45) is 5.10 Å². The number of rotatable bonds is 2. The summed E-state index contributed by atoms with van der Waals surface area (Å²) in [5, 5.41) is 5.12. The predicted molar refractivity (Wildman–Crippen MR) is 47.7 cm³/mol. The molecule has 7 nitrogen and oxygen atoms in total. The van der Waals surface area contributed by atoms with E-state index in [-0.39, 0.29) is 18.3 Å². The Labute approximate surface area is 79.2 Å². The third-order valence-electron chi connectivity index (χ3n) is 1.65. The lowest BCUT2D eigenvalue weighted by atomic mass is 10.6. The van der Waals surface area contributed by atoms with Gasteiger partial charge in [-0.25, -0.2) is 4.98 Å². The molecule has 0 atom stereocenters. The standard InChI is InChI=1S/C7H8N4O3/c1-13-7-8-3-2-6(12)11(7)10-5-14-4-9-10/h2-4H,5H2,1H3. The molecule has 0 unspecified atom stereocenters. The summed E-state index contributed by atoms with van der Waals surface area (Å²) in [4.78, 5) is 15.3. The first-order chi connectivity index (χ1) is 6.83. The molecule has 0 saturated heterocycles. The summed E-state index contributed by atoms with van der Waals surface area (Å²) in [7, 11) is 1.43. The summed E-state index contributed by atoms with van der Waals surface area (Å²) < 4.78 is 11.0. The molecule has 0 spiro atoms. The molecule has 7 heteroatoms. The zero-order valence-electron chi connectivity index (χ0n) is 7.45. The molecule has 0 radical (unpaired) electrons. The van der Waals surface area contributed by atoms with E-state index in [1.54, 1.807) is 0 Å². The van der Waals surface area contributed by atoms with Crippen LogP contribution in [0.4, 0.5) is 0 Å². The summed E-state index contributed by atoms with van der Waals surface area (Å²) in [5.74, 6) is 0. The van der Waals surface area contributed by atoms with E-state index in [1.807, 2.05) is 0 Å². The van der Waals surface area contributed by atoms with Crippen molar-refractivity contribution in [3.63, 3.8) is 0 Å². The molecule has 1 aromatic heterocycles. The van der Waals surface area contributed by atoms with Crippen LogP contribution in [0.2, 0.25) is 0 Å². The molecule has 74 valence electrons. The van der Waals surface area contributed by atoms with Gasteiger partial charge in [-0.15, -0.1) is 9.78 Å². The van der Waals surface area contributed by atoms with E-state index >= 15 is 0 Å². The Hall–Kier alpha value is -2.05. The van der Waals surface area contributed by atoms with Gasteiger partial charge in [0.05, 0.1) is 7.11 Å². The lowest BCUT2D eigenvalue weighted by molar-refractivity contribution is 0.289. The highest BCUT2D eigenvalue weighted by atomic mass is 16.5. The molecule has 0 saturated carbocycles. The number of hydrazone groups is 1. The summed E-state index contributed by atoms with van der Waals surface area (Å²) in [6.45, 7) is 0.169. The van der Waals surface area contributed by atoms with Crippen LogP contribution in [0.3, 0.4) is 0 Å². The second kappa shape index (κ2) is 3.36. The van der Waals surface area contributed by atoms with Gasteiger partial charge in [-0.1, -0.05) is 0 Å². The molecule has 2 rings (SSSR count). The average molecular weight is 196 g/mol. The van der Waals surface area contributed by atoms with Crippen LogP contribution in [0.1, 0.15) is 0 Å². The van der Waals surface area contributed by atoms with Gasteiger partial charge in [-0.05, 0) is 0 Å². The first-order valence-electron chi connectivity index (χ1n) is 3.87. The minimum absolute atomic E-state index is 0.167. The summed E-state index contributed by atoms with van der Waals surface area (Å²) >= 11 is 0. The summed E-state index contributed by atoms with van der Waals surface area (Å²) in [5.41, 5.74) is -0.278. The zero-order chi connectivity index (χ0) is 9.97. The van der Waals surface area contributed by atoms with Crippen LogP contribution in [-0.2, 0) is 4.74 Å². The zero-order valence-corrected chi connectivity index (χ0v) is 7.45. The Morgan fingerprint density at radius 2 is 2.50 bits per heavy atom. The Kier molecular flexibility index (Phi) is 2.05. The quantitative estimate of drug-likeness (QED) is 0.614. The number of nitrogens with zero attached hydrogens (tertiary/aromatic N) is 4. The third-order valence-corrected chi connectivity index (χ3v) is 1.65. The molecule has 0 aliphatic carbocycles. The van der Waals surface area contributed by atoms with Crippen molar-refractivity contribution in [3.05, 3.63) is 22.6 Å². The molecule has 0 amide bonds. The monoisotopic (exact) mass is 196 g/mol. The van der Waals surface area contributed by atoms with Gasteiger partial charge in [0.25, 0.3) is 5.56 Å². The Morgan fingerprint density at radius 3 is 3.14 bits per heavy atom. The fourth-order valence-corrected chi connectivity index (χ4v) is 1.07. The average Bonchev–Trinajstić information content (AvgIpc) is 2.70. The van der Waals surface area contributed by atoms with E-state index in [1.165, 1.54) is 35.6 Å². The van der Waals surface area contributed by atoms with E-state index in [2.05, 4.69) is 10.1 Å². The maximum atomic E-state index is 11.5. The Morgan fingerprint density at radius 1 is 1.64 bits per heavy atom. The summed E-state index contributed by atoms with van der Waals surface area (Å²) in [6.07, 6.45) is 2.62. The Balaban J connectivity index is 2.49. The van der Waals surface area contributed by atoms with Crippen LogP contribution in [-0.4, -0.2) is 29.9 Å². The van der Waals surface area contributed by atoms with E-state index < -0.39 is 0 Å². The maximum Gasteiger partial charge on any atom is 0.320 e. The number of hydrogen-bond donors (Lipinski definition) is 0. The van der Waals surface area contributed by atoms with Crippen molar-refractivity contribution >= 4 is 6.40 Å². The predicted octanol–water partition coefficient (Wildman–Crippen LogP) is -0.879. The summed E-state index contributed by atoms with van der Waals surface area (Å²) in [6, 6.07) is 1.48. The van der Waals surface area contributed by atoms with Gasteiger partial charge in [-0.2, -0.15) is 5.12 Å². The minimum Gasteiger partial charge on any atom is -0.467 e. The second-order valence-electron chi connectivity index (χ2n) is 2.47. The van der Waals surface area contributed by atoms with E-state index in [0.717, 1.165) is 0 Å². The normalized spacial score (nSPS) is 14.2. The van der Waals surface area contributed by atoms with Crippen molar-refractivity contribution in [2.45, 2.75) is 0 Å². The van der Waals surface area contributed by atoms with Crippen molar-refractivity contribution in [3.8, 4) is 6.01 Å². The van der Waals surface area contributed by atoms with Gasteiger partial charge in [0.15, 0.2) is 13.1 Å². The van der Waals surface area contributed by atoms with E-state index in [0.29, 0.717) is 0 Å². The number of aromatic nitrogens is 2. The molecule has 1 aliphatic heterocycles. The van der Waals surface area contributed by atoms with Crippen LogP contribution >= 0.6 is 0 Å². The van der Waals surface area contributed by atoms with Crippen molar-refractivity contribution < 1.29 is 9.47 Å². The topological polar surface area (TPSA) is 69.0 Å². The molecule has 1 aliphatic rings. The van der Waals surface area contributed by atoms with Crippen LogP contribution in [0.15, 0.2) is 22.2 Å². The molecule has 14 heavy (non-hydrogen) atoms. The fourth-order valence-electron chi connectivity index (χ4n) is 1.07. The van der Waals surface area contributed by atoms with Gasteiger partial charge < -0.3 is 9.47 Å². The fraction of sp³-hybridized carbons (Fsp3) is 0.286. The van der Waals surface area contributed by atoms with Gasteiger partial charge in [-0.3, -0.25) is 4.79 Å². The number of hydrogen-bond acceptors (Lipinski definition) is 6. The SMILES string of the molecule is COc1nccc(=O)n1N1COC=N1. The molecular weight excluding hydrogens is 188 g/mol. The van der Waals surface area contributed by atoms with E-state index in [4.69, 9.17) is 9.47 Å². The van der Waals surface area contributed by atoms with Gasteiger partial charge in [0.2, 0.25) is 0 Å². The number of methoxy groups -OCH3 is 1. The molecule has 0 N–H and O–H groups in total. The molecular formula is C7H8N4O3. The minimum atomic E-state index is -0.278. The van der Waals surface area contributed by atoms with Crippen LogP contribution in [0, 0.1) is 0 Å². The first kappa shape index (κ1) is 8.54. The van der Waals surface area contributed by atoms with Crippen molar-refractivity contribution in [1.82, 2.24) is 9.66 Å². The van der Waals surface area contributed by atoms with Gasteiger partial charge in [0.1, 0.15) is 0 Å². The highest BCUT2D eigenvalue weighted by Crippen LogP contribution is 2.04.